The summed E-state index contributed by atoms with van der Waals surface area (Å²) in [6.07, 6.45) is 4.92. The second-order valence-electron chi connectivity index (χ2n) is 8.09. The topological polar surface area (TPSA) is 42.3 Å². The number of carbonyl (C=O) groups excluding carboxylic acids is 2. The summed E-state index contributed by atoms with van der Waals surface area (Å²) >= 11 is 4.62. The van der Waals surface area contributed by atoms with Crippen LogP contribution in [0, 0.1) is 13.8 Å². The number of fused-ring (bicyclic) bond motifs is 1. The largest absolute Gasteiger partial charge is 0.319 e. The van der Waals surface area contributed by atoms with E-state index in [1.165, 1.54) is 29.6 Å². The van der Waals surface area contributed by atoms with Gasteiger partial charge in [0.25, 0.3) is 11.1 Å². The molecule has 0 bridgehead atoms. The molecule has 160 valence electrons. The summed E-state index contributed by atoms with van der Waals surface area (Å²) in [6.45, 7) is 4.23. The van der Waals surface area contributed by atoms with Crippen molar-refractivity contribution in [3.63, 3.8) is 0 Å². The molecular formula is C26H21BrN2O2S. The second-order valence-corrected chi connectivity index (χ2v) is 9.94. The summed E-state index contributed by atoms with van der Waals surface area (Å²) in [4.78, 5) is 25.8. The van der Waals surface area contributed by atoms with Gasteiger partial charge in [-0.2, -0.15) is 0 Å². The molecule has 0 radical (unpaired) electrons. The van der Waals surface area contributed by atoms with E-state index in [-0.39, 0.29) is 11.1 Å². The number of hydrogen-bond donors (Lipinski definition) is 0. The monoisotopic (exact) mass is 504 g/mol. The van der Waals surface area contributed by atoms with Crippen LogP contribution in [0.5, 0.6) is 0 Å². The van der Waals surface area contributed by atoms with Gasteiger partial charge in [0.05, 0.1) is 4.91 Å². The molecule has 2 amide bonds. The number of benzene rings is 2. The number of imide groups is 1. The second kappa shape index (κ2) is 7.94. The minimum atomic E-state index is -0.255. The zero-order chi connectivity index (χ0) is 22.6. The van der Waals surface area contributed by atoms with Crippen molar-refractivity contribution in [2.24, 2.45) is 0 Å². The highest BCUT2D eigenvalue weighted by atomic mass is 79.9. The zero-order valence-corrected chi connectivity index (χ0v) is 20.4. The van der Waals surface area contributed by atoms with E-state index in [9.17, 15) is 9.59 Å². The first-order valence-electron chi connectivity index (χ1n) is 10.3. The van der Waals surface area contributed by atoms with Gasteiger partial charge < -0.3 is 4.57 Å². The Kier molecular flexibility index (Phi) is 5.22. The smallest absolute Gasteiger partial charge is 0.293 e. The minimum absolute atomic E-state index is 0.243. The van der Waals surface area contributed by atoms with E-state index in [1.807, 2.05) is 0 Å². The third-order valence-electron chi connectivity index (χ3n) is 6.02. The molecule has 1 saturated heterocycles. The third-order valence-corrected chi connectivity index (χ3v) is 7.67. The van der Waals surface area contributed by atoms with Crippen molar-refractivity contribution in [3.05, 3.63) is 97.6 Å². The van der Waals surface area contributed by atoms with Crippen molar-refractivity contribution in [2.45, 2.75) is 20.3 Å². The quantitative estimate of drug-likeness (QED) is 0.381. The number of nitrogens with zero attached hydrogens (tertiary/aromatic N) is 2. The predicted octanol–water partition coefficient (Wildman–Crippen LogP) is 6.51. The SMILES string of the molecule is Cc1ccc(C)n1-c1ccc(C2=CCc3cc(Br)c(/C=C4\SC(=O)N(C)C4=O)cc32)cc1. The van der Waals surface area contributed by atoms with Gasteiger partial charge in [0.1, 0.15) is 0 Å². The van der Waals surface area contributed by atoms with Crippen LogP contribution in [0.3, 0.4) is 0 Å². The normalized spacial score (nSPS) is 16.8. The Morgan fingerprint density at radius 2 is 1.69 bits per heavy atom. The van der Waals surface area contributed by atoms with E-state index in [2.05, 4.69) is 89.0 Å². The summed E-state index contributed by atoms with van der Waals surface area (Å²) in [5, 5.41) is -0.243. The lowest BCUT2D eigenvalue weighted by molar-refractivity contribution is -0.121. The average Bonchev–Trinajstić information content (AvgIpc) is 3.41. The highest BCUT2D eigenvalue weighted by molar-refractivity contribution is 9.10. The minimum Gasteiger partial charge on any atom is -0.319 e. The van der Waals surface area contributed by atoms with E-state index in [0.29, 0.717) is 4.91 Å². The van der Waals surface area contributed by atoms with E-state index in [1.54, 1.807) is 6.08 Å². The Hall–Kier alpha value is -2.83. The molecular weight excluding hydrogens is 484 g/mol. The Balaban J connectivity index is 1.49. The van der Waals surface area contributed by atoms with Crippen molar-refractivity contribution in [1.82, 2.24) is 9.47 Å². The number of allylic oxidation sites excluding steroid dienone is 1. The first-order valence-corrected chi connectivity index (χ1v) is 11.9. The lowest BCUT2D eigenvalue weighted by atomic mass is 9.97. The predicted molar refractivity (Wildman–Crippen MR) is 134 cm³/mol. The number of hydrogen-bond acceptors (Lipinski definition) is 3. The van der Waals surface area contributed by atoms with Gasteiger partial charge in [-0.05, 0) is 102 Å². The molecule has 1 aromatic heterocycles. The average molecular weight is 505 g/mol. The lowest BCUT2D eigenvalue weighted by Crippen LogP contribution is -2.22. The number of aromatic nitrogens is 1. The van der Waals surface area contributed by atoms with Crippen LogP contribution >= 0.6 is 27.7 Å². The number of thioether (sulfide) groups is 1. The van der Waals surface area contributed by atoms with Gasteiger partial charge in [-0.1, -0.05) is 34.1 Å². The Morgan fingerprint density at radius 3 is 2.31 bits per heavy atom. The number of likely N-dealkylation sites (N-methyl/N-ethyl adjacent to an activating group) is 1. The van der Waals surface area contributed by atoms with E-state index in [4.69, 9.17) is 0 Å². The summed E-state index contributed by atoms with van der Waals surface area (Å²) in [5.74, 6) is -0.255. The van der Waals surface area contributed by atoms with Crippen molar-refractivity contribution < 1.29 is 9.59 Å². The van der Waals surface area contributed by atoms with Gasteiger partial charge in [0, 0.05) is 28.6 Å². The number of amides is 2. The van der Waals surface area contributed by atoms with E-state index < -0.39 is 0 Å². The molecule has 3 aromatic rings. The molecule has 1 fully saturated rings. The van der Waals surface area contributed by atoms with Crippen LogP contribution in [0.4, 0.5) is 4.79 Å². The van der Waals surface area contributed by atoms with Crippen LogP contribution in [0.25, 0.3) is 17.3 Å². The maximum Gasteiger partial charge on any atom is 0.293 e. The van der Waals surface area contributed by atoms with Crippen molar-refractivity contribution in [3.8, 4) is 5.69 Å². The fraction of sp³-hybridized carbons (Fsp3) is 0.154. The Morgan fingerprint density at radius 1 is 1.00 bits per heavy atom. The first-order chi connectivity index (χ1) is 15.3. The fourth-order valence-electron chi connectivity index (χ4n) is 4.31. The van der Waals surface area contributed by atoms with Crippen LogP contribution in [0.15, 0.2) is 64.0 Å². The van der Waals surface area contributed by atoms with E-state index in [0.717, 1.165) is 49.9 Å². The maximum atomic E-state index is 12.3. The highest BCUT2D eigenvalue weighted by Gasteiger charge is 2.32. The molecule has 1 aliphatic carbocycles. The van der Waals surface area contributed by atoms with Crippen molar-refractivity contribution >= 4 is 50.5 Å². The fourth-order valence-corrected chi connectivity index (χ4v) is 5.63. The zero-order valence-electron chi connectivity index (χ0n) is 18.0. The molecule has 0 saturated carbocycles. The Bertz CT molecular complexity index is 1330. The van der Waals surface area contributed by atoms with Gasteiger partial charge in [-0.3, -0.25) is 14.5 Å². The van der Waals surface area contributed by atoms with Gasteiger partial charge in [-0.15, -0.1) is 0 Å². The molecule has 2 aliphatic rings. The van der Waals surface area contributed by atoms with Crippen LogP contribution in [-0.2, 0) is 11.2 Å². The molecule has 6 heteroatoms. The third kappa shape index (κ3) is 3.48. The molecule has 0 atom stereocenters. The molecule has 4 nitrogen and oxygen atoms in total. The van der Waals surface area contributed by atoms with Crippen molar-refractivity contribution in [1.29, 1.82) is 0 Å². The van der Waals surface area contributed by atoms with Gasteiger partial charge in [0.15, 0.2) is 0 Å². The number of aryl methyl sites for hydroxylation is 2. The van der Waals surface area contributed by atoms with Gasteiger partial charge in [-0.25, -0.2) is 0 Å². The van der Waals surface area contributed by atoms with Crippen LogP contribution in [0.1, 0.15) is 33.6 Å². The van der Waals surface area contributed by atoms with Crippen LogP contribution in [0.2, 0.25) is 0 Å². The van der Waals surface area contributed by atoms with Gasteiger partial charge in [0.2, 0.25) is 0 Å². The number of rotatable bonds is 3. The molecule has 0 unspecified atom stereocenters. The van der Waals surface area contributed by atoms with Crippen LogP contribution < -0.4 is 0 Å². The molecule has 5 rings (SSSR count). The van der Waals surface area contributed by atoms with Gasteiger partial charge >= 0.3 is 0 Å². The first kappa shape index (κ1) is 21.0. The molecule has 2 aromatic carbocycles. The number of halogens is 1. The molecule has 0 spiro atoms. The summed E-state index contributed by atoms with van der Waals surface area (Å²) in [5.41, 5.74) is 9.24. The van der Waals surface area contributed by atoms with E-state index >= 15 is 0 Å². The van der Waals surface area contributed by atoms with Crippen molar-refractivity contribution in [2.75, 3.05) is 7.05 Å². The number of carbonyl (C=O) groups is 2. The Labute approximate surface area is 199 Å². The summed E-state index contributed by atoms with van der Waals surface area (Å²) < 4.78 is 3.17. The summed E-state index contributed by atoms with van der Waals surface area (Å²) in [6, 6.07) is 17.1. The van der Waals surface area contributed by atoms with Crippen LogP contribution in [-0.4, -0.2) is 27.7 Å². The summed E-state index contributed by atoms with van der Waals surface area (Å²) in [7, 11) is 1.51. The lowest BCUT2D eigenvalue weighted by Gasteiger charge is -2.12. The maximum absolute atomic E-state index is 12.3. The molecule has 32 heavy (non-hydrogen) atoms. The molecule has 0 N–H and O–H groups in total. The highest BCUT2D eigenvalue weighted by Crippen LogP contribution is 2.39. The molecule has 2 heterocycles. The molecule has 1 aliphatic heterocycles. The standard InChI is InChI=1S/C26H21BrN2O2S/c1-15-4-5-16(2)29(15)20-9-6-17(7-10-20)21-11-8-18-13-23(27)19(12-22(18)21)14-24-25(30)28(3)26(31)32-24/h4-7,9-14H,8H2,1-3H3/b24-14-.